The maximum absolute atomic E-state index is 13.2. The molecule has 2 aliphatic rings. The van der Waals surface area contributed by atoms with E-state index in [0.29, 0.717) is 11.6 Å². The maximum atomic E-state index is 13.2. The Morgan fingerprint density at radius 3 is 2.54 bits per heavy atom. The first kappa shape index (κ1) is 19.1. The zero-order valence-electron chi connectivity index (χ0n) is 16.5. The van der Waals surface area contributed by atoms with E-state index in [4.69, 9.17) is 0 Å². The molecule has 1 aromatic carbocycles. The predicted octanol–water partition coefficient (Wildman–Crippen LogP) is 3.85. The van der Waals surface area contributed by atoms with Crippen molar-refractivity contribution in [3.05, 3.63) is 47.5 Å². The van der Waals surface area contributed by atoms with E-state index in [-0.39, 0.29) is 17.8 Å². The van der Waals surface area contributed by atoms with Crippen LogP contribution in [-0.2, 0) is 0 Å². The summed E-state index contributed by atoms with van der Waals surface area (Å²) < 4.78 is 14.8. The van der Waals surface area contributed by atoms with Crippen molar-refractivity contribution in [2.24, 2.45) is 0 Å². The smallest absolute Gasteiger partial charge is 0.255 e. The van der Waals surface area contributed by atoms with E-state index in [1.807, 2.05) is 6.92 Å². The largest absolute Gasteiger partial charge is 0.348 e. The van der Waals surface area contributed by atoms with Crippen molar-refractivity contribution in [1.82, 2.24) is 20.0 Å². The zero-order valence-corrected chi connectivity index (χ0v) is 16.5. The minimum absolute atomic E-state index is 0.0708. The number of carbonyl (C=O) groups excluding carboxylic acids is 1. The van der Waals surface area contributed by atoms with Crippen molar-refractivity contribution in [1.29, 1.82) is 0 Å². The molecule has 1 aliphatic carbocycles. The molecular weight excluding hydrogens is 355 g/mol. The molecule has 28 heavy (non-hydrogen) atoms. The number of carbonyl (C=O) groups is 1. The lowest BCUT2D eigenvalue weighted by atomic mass is 10.1. The zero-order chi connectivity index (χ0) is 19.5. The number of nitrogens with zero attached hydrogens (tertiary/aromatic N) is 3. The SMILES string of the molecule is Cc1c(C(=O)NC2CCN(C3CCCCCC3)C2)cnn1-c1ccc(F)cc1. The van der Waals surface area contributed by atoms with Crippen LogP contribution in [0.5, 0.6) is 0 Å². The third kappa shape index (κ3) is 4.12. The minimum Gasteiger partial charge on any atom is -0.348 e. The van der Waals surface area contributed by atoms with Gasteiger partial charge in [-0.2, -0.15) is 5.10 Å². The summed E-state index contributed by atoms with van der Waals surface area (Å²) in [6.45, 7) is 3.89. The Bertz CT molecular complexity index is 808. The number of aromatic nitrogens is 2. The highest BCUT2D eigenvalue weighted by atomic mass is 19.1. The molecule has 1 unspecified atom stereocenters. The number of hydrogen-bond donors (Lipinski definition) is 1. The number of nitrogens with one attached hydrogen (secondary N) is 1. The number of hydrogen-bond acceptors (Lipinski definition) is 3. The summed E-state index contributed by atoms with van der Waals surface area (Å²) in [4.78, 5) is 15.4. The Balaban J connectivity index is 1.38. The lowest BCUT2D eigenvalue weighted by molar-refractivity contribution is 0.0935. The van der Waals surface area contributed by atoms with E-state index >= 15 is 0 Å². The molecule has 4 rings (SSSR count). The van der Waals surface area contributed by atoms with E-state index in [2.05, 4.69) is 15.3 Å². The number of halogens is 1. The molecule has 0 bridgehead atoms. The first-order valence-electron chi connectivity index (χ1n) is 10.5. The van der Waals surface area contributed by atoms with Gasteiger partial charge in [0.25, 0.3) is 5.91 Å². The van der Waals surface area contributed by atoms with Gasteiger partial charge in [-0.1, -0.05) is 25.7 Å². The van der Waals surface area contributed by atoms with Crippen LogP contribution in [0, 0.1) is 12.7 Å². The van der Waals surface area contributed by atoms with Crippen LogP contribution in [0.3, 0.4) is 0 Å². The average Bonchev–Trinajstić information content (AvgIpc) is 3.20. The van der Waals surface area contributed by atoms with Gasteiger partial charge in [0.1, 0.15) is 5.82 Å². The van der Waals surface area contributed by atoms with Crippen LogP contribution in [0.4, 0.5) is 4.39 Å². The van der Waals surface area contributed by atoms with Crippen molar-refractivity contribution in [2.75, 3.05) is 13.1 Å². The molecule has 0 spiro atoms. The molecule has 1 aromatic heterocycles. The molecule has 1 saturated carbocycles. The van der Waals surface area contributed by atoms with Gasteiger partial charge in [0.2, 0.25) is 0 Å². The molecule has 1 N–H and O–H groups in total. The van der Waals surface area contributed by atoms with Crippen LogP contribution >= 0.6 is 0 Å². The van der Waals surface area contributed by atoms with Crippen molar-refractivity contribution < 1.29 is 9.18 Å². The van der Waals surface area contributed by atoms with E-state index in [9.17, 15) is 9.18 Å². The van der Waals surface area contributed by atoms with Crippen LogP contribution < -0.4 is 5.32 Å². The van der Waals surface area contributed by atoms with E-state index in [1.165, 1.54) is 50.7 Å². The molecule has 1 atom stereocenters. The molecule has 2 heterocycles. The van der Waals surface area contributed by atoms with Gasteiger partial charge < -0.3 is 5.32 Å². The third-order valence-electron chi connectivity index (χ3n) is 6.22. The summed E-state index contributed by atoms with van der Waals surface area (Å²) in [7, 11) is 0. The molecule has 2 fully saturated rings. The van der Waals surface area contributed by atoms with Gasteiger partial charge in [0, 0.05) is 25.2 Å². The van der Waals surface area contributed by atoms with Gasteiger partial charge in [-0.3, -0.25) is 9.69 Å². The Kier molecular flexibility index (Phi) is 5.76. The second-order valence-corrected chi connectivity index (χ2v) is 8.13. The van der Waals surface area contributed by atoms with Gasteiger partial charge in [-0.05, 0) is 50.5 Å². The fraction of sp³-hybridized carbons (Fsp3) is 0.545. The maximum Gasteiger partial charge on any atom is 0.255 e. The van der Waals surface area contributed by atoms with Crippen molar-refractivity contribution >= 4 is 5.91 Å². The fourth-order valence-electron chi connectivity index (χ4n) is 4.60. The molecule has 1 aliphatic heterocycles. The van der Waals surface area contributed by atoms with Crippen molar-refractivity contribution in [3.63, 3.8) is 0 Å². The first-order valence-corrected chi connectivity index (χ1v) is 10.5. The standard InChI is InChI=1S/C22H29FN4O/c1-16-21(14-24-27(16)20-10-8-17(23)9-11-20)22(28)25-18-12-13-26(15-18)19-6-4-2-3-5-7-19/h8-11,14,18-19H,2-7,12-13,15H2,1H3,(H,25,28). The lowest BCUT2D eigenvalue weighted by Crippen LogP contribution is -2.39. The second-order valence-electron chi connectivity index (χ2n) is 8.13. The van der Waals surface area contributed by atoms with Crippen LogP contribution in [0.25, 0.3) is 5.69 Å². The normalized spacial score (nSPS) is 21.6. The van der Waals surface area contributed by atoms with Crippen molar-refractivity contribution in [3.8, 4) is 5.69 Å². The molecule has 1 saturated heterocycles. The Hall–Kier alpha value is -2.21. The number of amides is 1. The highest BCUT2D eigenvalue weighted by molar-refractivity contribution is 5.95. The Morgan fingerprint density at radius 1 is 1.11 bits per heavy atom. The van der Waals surface area contributed by atoms with Crippen molar-refractivity contribution in [2.45, 2.75) is 64.0 Å². The summed E-state index contributed by atoms with van der Waals surface area (Å²) in [5, 5.41) is 7.53. The highest BCUT2D eigenvalue weighted by Gasteiger charge is 2.30. The number of rotatable bonds is 4. The number of benzene rings is 1. The second kappa shape index (κ2) is 8.43. The van der Waals surface area contributed by atoms with Gasteiger partial charge >= 0.3 is 0 Å². The molecule has 6 heteroatoms. The lowest BCUT2D eigenvalue weighted by Gasteiger charge is -2.26. The van der Waals surface area contributed by atoms with Gasteiger partial charge in [0.05, 0.1) is 23.1 Å². The van der Waals surface area contributed by atoms with Crippen LogP contribution in [0.2, 0.25) is 0 Å². The Morgan fingerprint density at radius 2 is 1.82 bits per heavy atom. The van der Waals surface area contributed by atoms with E-state index in [0.717, 1.165) is 30.9 Å². The fourth-order valence-corrected chi connectivity index (χ4v) is 4.60. The van der Waals surface area contributed by atoms with Gasteiger partial charge in [-0.25, -0.2) is 9.07 Å². The Labute approximate surface area is 165 Å². The minimum atomic E-state index is -0.286. The molecule has 0 radical (unpaired) electrons. The summed E-state index contributed by atoms with van der Waals surface area (Å²) in [6, 6.07) is 7.02. The number of likely N-dealkylation sites (tertiary alicyclic amines) is 1. The monoisotopic (exact) mass is 384 g/mol. The molecule has 2 aromatic rings. The molecule has 5 nitrogen and oxygen atoms in total. The summed E-state index contributed by atoms with van der Waals surface area (Å²) in [5.41, 5.74) is 2.10. The first-order chi connectivity index (χ1) is 13.6. The van der Waals surface area contributed by atoms with Gasteiger partial charge in [0.15, 0.2) is 0 Å². The van der Waals surface area contributed by atoms with Crippen LogP contribution in [0.15, 0.2) is 30.5 Å². The summed E-state index contributed by atoms with van der Waals surface area (Å²) in [5.74, 6) is -0.357. The van der Waals surface area contributed by atoms with E-state index in [1.54, 1.807) is 23.0 Å². The molecular formula is C22H29FN4O. The quantitative estimate of drug-likeness (QED) is 0.815. The molecule has 150 valence electrons. The average molecular weight is 384 g/mol. The summed E-state index contributed by atoms with van der Waals surface area (Å²) in [6.07, 6.45) is 10.6. The highest BCUT2D eigenvalue weighted by Crippen LogP contribution is 2.25. The van der Waals surface area contributed by atoms with Crippen LogP contribution in [-0.4, -0.2) is 45.8 Å². The summed E-state index contributed by atoms with van der Waals surface area (Å²) >= 11 is 0. The van der Waals surface area contributed by atoms with E-state index < -0.39 is 0 Å². The molecule has 1 amide bonds. The third-order valence-corrected chi connectivity index (χ3v) is 6.22. The topological polar surface area (TPSA) is 50.2 Å². The van der Waals surface area contributed by atoms with Crippen LogP contribution in [0.1, 0.15) is 61.0 Å². The predicted molar refractivity (Wildman–Crippen MR) is 107 cm³/mol. The van der Waals surface area contributed by atoms with Gasteiger partial charge in [-0.15, -0.1) is 0 Å².